The predicted molar refractivity (Wildman–Crippen MR) is 72.4 cm³/mol. The number of rotatable bonds is 5. The Labute approximate surface area is 108 Å². The van der Waals surface area contributed by atoms with Crippen molar-refractivity contribution in [3.8, 4) is 0 Å². The van der Waals surface area contributed by atoms with Gasteiger partial charge in [0.1, 0.15) is 5.82 Å². The van der Waals surface area contributed by atoms with E-state index >= 15 is 0 Å². The van der Waals surface area contributed by atoms with E-state index in [0.29, 0.717) is 5.56 Å². The van der Waals surface area contributed by atoms with Crippen LogP contribution in [0.2, 0.25) is 0 Å². The second kappa shape index (κ2) is 5.87. The van der Waals surface area contributed by atoms with Crippen molar-refractivity contribution >= 4 is 5.69 Å². The van der Waals surface area contributed by atoms with E-state index in [0.717, 1.165) is 18.9 Å². The minimum atomic E-state index is -0.226. The molecule has 18 heavy (non-hydrogen) atoms. The fourth-order valence-corrected chi connectivity index (χ4v) is 2.02. The van der Waals surface area contributed by atoms with Crippen LogP contribution in [0.25, 0.3) is 0 Å². The van der Waals surface area contributed by atoms with Gasteiger partial charge in [-0.15, -0.1) is 0 Å². The first-order valence-corrected chi connectivity index (χ1v) is 6.42. The smallest absolute Gasteiger partial charge is 0.129 e. The van der Waals surface area contributed by atoms with Gasteiger partial charge in [-0.3, -0.25) is 0 Å². The maximum Gasteiger partial charge on any atom is 0.129 e. The zero-order chi connectivity index (χ0) is 13.0. The average molecular weight is 249 g/mol. The molecule has 0 amide bonds. The summed E-state index contributed by atoms with van der Waals surface area (Å²) in [5.74, 6) is -0.226. The van der Waals surface area contributed by atoms with Gasteiger partial charge in [0.2, 0.25) is 0 Å². The molecular weight excluding hydrogens is 229 g/mol. The second-order valence-corrected chi connectivity index (χ2v) is 4.56. The number of anilines is 1. The lowest BCUT2D eigenvalue weighted by Gasteiger charge is -2.21. The molecule has 0 unspecified atom stereocenters. The Morgan fingerprint density at radius 3 is 2.83 bits per heavy atom. The van der Waals surface area contributed by atoms with Crippen molar-refractivity contribution in [2.45, 2.75) is 26.3 Å². The first-order chi connectivity index (χ1) is 8.74. The molecule has 0 aromatic heterocycles. The van der Waals surface area contributed by atoms with Gasteiger partial charge in [0, 0.05) is 36.7 Å². The molecule has 0 fully saturated rings. The maximum absolute atomic E-state index is 13.7. The third-order valence-corrected chi connectivity index (χ3v) is 3.18. The van der Waals surface area contributed by atoms with Crippen LogP contribution in [0.4, 0.5) is 10.1 Å². The summed E-state index contributed by atoms with van der Waals surface area (Å²) in [5, 5.41) is 0. The van der Waals surface area contributed by atoms with E-state index in [-0.39, 0.29) is 12.4 Å². The topological polar surface area (TPSA) is 32.5 Å². The lowest BCUT2D eigenvalue weighted by Crippen LogP contribution is -2.25. The van der Waals surface area contributed by atoms with Gasteiger partial charge in [0.25, 0.3) is 0 Å². The predicted octanol–water partition coefficient (Wildman–Crippen LogP) is 2.64. The highest BCUT2D eigenvalue weighted by atomic mass is 19.1. The molecule has 0 saturated carbocycles. The minimum absolute atomic E-state index is 0.226. The first-order valence-electron chi connectivity index (χ1n) is 6.42. The van der Waals surface area contributed by atoms with Crippen LogP contribution in [0.5, 0.6) is 0 Å². The normalized spacial score (nSPS) is 14.6. The largest absolute Gasteiger partial charge is 0.358 e. The minimum Gasteiger partial charge on any atom is -0.358 e. The van der Waals surface area contributed by atoms with E-state index in [1.807, 2.05) is 17.2 Å². The molecule has 2 N–H and O–H groups in total. The number of nitrogens with two attached hydrogens (primary N) is 1. The summed E-state index contributed by atoms with van der Waals surface area (Å²) in [4.78, 5) is 4.28. The van der Waals surface area contributed by atoms with Crippen LogP contribution in [-0.2, 0) is 6.54 Å². The Balaban J connectivity index is 2.01. The van der Waals surface area contributed by atoms with Crippen LogP contribution in [0.1, 0.15) is 25.3 Å². The number of benzene rings is 1. The van der Waals surface area contributed by atoms with Crippen molar-refractivity contribution in [1.29, 1.82) is 0 Å². The van der Waals surface area contributed by atoms with E-state index in [9.17, 15) is 4.39 Å². The molecule has 0 spiro atoms. The van der Waals surface area contributed by atoms with E-state index in [1.165, 1.54) is 12.8 Å². The Hall–Kier alpha value is -1.55. The van der Waals surface area contributed by atoms with Crippen molar-refractivity contribution in [2.24, 2.45) is 5.73 Å². The fraction of sp³-hybridized carbons (Fsp3) is 0.429. The van der Waals surface area contributed by atoms with E-state index in [4.69, 9.17) is 5.73 Å². The number of nitrogens with zero attached hydrogens (tertiary/aromatic N) is 2. The van der Waals surface area contributed by atoms with E-state index < -0.39 is 0 Å². The maximum atomic E-state index is 13.7. The highest BCUT2D eigenvalue weighted by Gasteiger charge is 2.14. The van der Waals surface area contributed by atoms with E-state index in [2.05, 4.69) is 18.0 Å². The zero-order valence-electron chi connectivity index (χ0n) is 10.8. The summed E-state index contributed by atoms with van der Waals surface area (Å²) in [5.41, 5.74) is 6.89. The Morgan fingerprint density at radius 1 is 1.33 bits per heavy atom. The third kappa shape index (κ3) is 2.82. The molecule has 0 bridgehead atoms. The third-order valence-electron chi connectivity index (χ3n) is 3.18. The summed E-state index contributed by atoms with van der Waals surface area (Å²) >= 11 is 0. The van der Waals surface area contributed by atoms with Gasteiger partial charge in [-0.25, -0.2) is 4.39 Å². The molecule has 0 saturated heterocycles. The molecule has 1 aromatic rings. The van der Waals surface area contributed by atoms with Crippen LogP contribution < -0.4 is 10.6 Å². The summed E-state index contributed by atoms with van der Waals surface area (Å²) < 4.78 is 13.7. The summed E-state index contributed by atoms with van der Waals surface area (Å²) in [6, 6.07) is 5.22. The van der Waals surface area contributed by atoms with Gasteiger partial charge in [-0.2, -0.15) is 0 Å². The van der Waals surface area contributed by atoms with Gasteiger partial charge in [0.15, 0.2) is 0 Å². The summed E-state index contributed by atoms with van der Waals surface area (Å²) in [6.45, 7) is 4.26. The number of unbranched alkanes of at least 4 members (excludes halogenated alkanes) is 1. The van der Waals surface area contributed by atoms with Gasteiger partial charge in [-0.05, 0) is 18.6 Å². The molecule has 4 heteroatoms. The Morgan fingerprint density at radius 2 is 2.17 bits per heavy atom. The highest BCUT2D eigenvalue weighted by molar-refractivity contribution is 5.51. The molecule has 0 atom stereocenters. The number of hydrogen-bond acceptors (Lipinski definition) is 3. The van der Waals surface area contributed by atoms with Crippen molar-refractivity contribution < 1.29 is 4.39 Å². The quantitative estimate of drug-likeness (QED) is 0.870. The zero-order valence-corrected chi connectivity index (χ0v) is 10.8. The summed E-state index contributed by atoms with van der Waals surface area (Å²) in [7, 11) is 0. The molecule has 2 rings (SSSR count). The molecule has 1 aromatic carbocycles. The van der Waals surface area contributed by atoms with Crippen LogP contribution in [0.3, 0.4) is 0 Å². The van der Waals surface area contributed by atoms with Crippen LogP contribution in [-0.4, -0.2) is 18.1 Å². The van der Waals surface area contributed by atoms with Crippen LogP contribution in [0, 0.1) is 5.82 Å². The SMILES string of the molecule is CCCCN1C=CN(c2ccc(CN)c(F)c2)C1. The average Bonchev–Trinajstić information content (AvgIpc) is 2.85. The van der Waals surface area contributed by atoms with Crippen molar-refractivity contribution in [1.82, 2.24) is 4.90 Å². The molecule has 1 heterocycles. The lowest BCUT2D eigenvalue weighted by atomic mass is 10.2. The molecule has 0 aliphatic carbocycles. The standard InChI is InChI=1S/C14H20FN3/c1-2-3-6-17-7-8-18(11-17)13-5-4-12(10-16)14(15)9-13/h4-5,7-9H,2-3,6,10-11,16H2,1H3. The number of hydrogen-bond donors (Lipinski definition) is 1. The van der Waals surface area contributed by atoms with Gasteiger partial charge < -0.3 is 15.5 Å². The number of halogens is 1. The monoisotopic (exact) mass is 249 g/mol. The highest BCUT2D eigenvalue weighted by Crippen LogP contribution is 2.22. The molecule has 0 radical (unpaired) electrons. The van der Waals surface area contributed by atoms with Gasteiger partial charge in [-0.1, -0.05) is 19.4 Å². The van der Waals surface area contributed by atoms with Crippen molar-refractivity contribution in [2.75, 3.05) is 18.1 Å². The van der Waals surface area contributed by atoms with Crippen molar-refractivity contribution in [3.63, 3.8) is 0 Å². The molecular formula is C14H20FN3. The van der Waals surface area contributed by atoms with Gasteiger partial charge in [0.05, 0.1) is 6.67 Å². The van der Waals surface area contributed by atoms with Gasteiger partial charge >= 0.3 is 0 Å². The second-order valence-electron chi connectivity index (χ2n) is 4.56. The van der Waals surface area contributed by atoms with Crippen LogP contribution >= 0.6 is 0 Å². The van der Waals surface area contributed by atoms with Crippen LogP contribution in [0.15, 0.2) is 30.6 Å². The molecule has 3 nitrogen and oxygen atoms in total. The first kappa shape index (κ1) is 12.9. The fourth-order valence-electron chi connectivity index (χ4n) is 2.02. The van der Waals surface area contributed by atoms with Crippen molar-refractivity contribution in [3.05, 3.63) is 42.0 Å². The molecule has 1 aliphatic rings. The molecule has 98 valence electrons. The Bertz CT molecular complexity index is 431. The molecule has 1 aliphatic heterocycles. The Kier molecular flexibility index (Phi) is 4.20. The van der Waals surface area contributed by atoms with E-state index in [1.54, 1.807) is 12.1 Å². The lowest BCUT2D eigenvalue weighted by molar-refractivity contribution is 0.396. The summed E-state index contributed by atoms with van der Waals surface area (Å²) in [6.07, 6.45) is 6.42.